The number of carbonyl (C=O) groups is 2. The van der Waals surface area contributed by atoms with Crippen molar-refractivity contribution in [1.82, 2.24) is 10.2 Å². The quantitative estimate of drug-likeness (QED) is 0.432. The van der Waals surface area contributed by atoms with Crippen molar-refractivity contribution in [2.75, 3.05) is 18.5 Å². The molecule has 0 radical (unpaired) electrons. The molecule has 170 valence electrons. The van der Waals surface area contributed by atoms with E-state index < -0.39 is 11.1 Å². The van der Waals surface area contributed by atoms with Crippen molar-refractivity contribution in [3.8, 4) is 11.3 Å². The number of nitrogens with one attached hydrogen (secondary N) is 2. The zero-order valence-corrected chi connectivity index (χ0v) is 18.4. The number of anilines is 1. The van der Waals surface area contributed by atoms with E-state index >= 15 is 0 Å². The molecule has 0 bridgehead atoms. The molecule has 1 unspecified atom stereocenters. The molecule has 3 aromatic rings. The summed E-state index contributed by atoms with van der Waals surface area (Å²) in [4.78, 5) is 38.2. The van der Waals surface area contributed by atoms with Gasteiger partial charge in [-0.05, 0) is 31.0 Å². The van der Waals surface area contributed by atoms with E-state index in [4.69, 9.17) is 9.15 Å². The van der Waals surface area contributed by atoms with Gasteiger partial charge < -0.3 is 24.7 Å². The van der Waals surface area contributed by atoms with Crippen molar-refractivity contribution in [3.05, 3.63) is 68.3 Å². The number of thiophene rings is 1. The lowest BCUT2D eigenvalue weighted by atomic mass is 10.0. The molecule has 0 saturated heterocycles. The van der Waals surface area contributed by atoms with Gasteiger partial charge in [0, 0.05) is 29.1 Å². The minimum atomic E-state index is -0.585. The maximum atomic E-state index is 13.0. The SMILES string of the molecule is CCOC(=O)N1CCc2c(sc3c2C(=O)NC(c2ccc(-c4cccc([N+](=O)[O-])c4)o2)N3)C1. The molecule has 2 aliphatic heterocycles. The number of carbonyl (C=O) groups excluding carboxylic acids is 2. The molecule has 0 saturated carbocycles. The number of amides is 2. The van der Waals surface area contributed by atoms with Crippen LogP contribution in [0.5, 0.6) is 0 Å². The van der Waals surface area contributed by atoms with Crippen LogP contribution in [-0.4, -0.2) is 35.0 Å². The predicted molar refractivity (Wildman–Crippen MR) is 120 cm³/mol. The van der Waals surface area contributed by atoms with Gasteiger partial charge in [-0.25, -0.2) is 4.79 Å². The Morgan fingerprint density at radius 3 is 2.97 bits per heavy atom. The lowest BCUT2D eigenvalue weighted by Crippen LogP contribution is -2.39. The molecule has 5 rings (SSSR count). The molecular formula is C22H20N4O6S. The Kier molecular flexibility index (Phi) is 5.25. The summed E-state index contributed by atoms with van der Waals surface area (Å²) in [7, 11) is 0. The van der Waals surface area contributed by atoms with Crippen molar-refractivity contribution >= 4 is 34.0 Å². The van der Waals surface area contributed by atoms with Crippen molar-refractivity contribution < 1.29 is 23.7 Å². The summed E-state index contributed by atoms with van der Waals surface area (Å²) in [5.41, 5.74) is 2.11. The molecule has 2 aromatic heterocycles. The van der Waals surface area contributed by atoms with Gasteiger partial charge >= 0.3 is 6.09 Å². The van der Waals surface area contributed by atoms with Gasteiger partial charge in [0.15, 0.2) is 6.17 Å². The van der Waals surface area contributed by atoms with E-state index in [-0.39, 0.29) is 17.7 Å². The minimum Gasteiger partial charge on any atom is -0.457 e. The van der Waals surface area contributed by atoms with Gasteiger partial charge in [-0.15, -0.1) is 11.3 Å². The largest absolute Gasteiger partial charge is 0.457 e. The highest BCUT2D eigenvalue weighted by atomic mass is 32.1. The van der Waals surface area contributed by atoms with Gasteiger partial charge in [0.25, 0.3) is 11.6 Å². The predicted octanol–water partition coefficient (Wildman–Crippen LogP) is 4.29. The van der Waals surface area contributed by atoms with Gasteiger partial charge in [0.05, 0.1) is 23.6 Å². The van der Waals surface area contributed by atoms with E-state index in [2.05, 4.69) is 10.6 Å². The van der Waals surface area contributed by atoms with E-state index in [0.29, 0.717) is 48.8 Å². The highest BCUT2D eigenvalue weighted by Gasteiger charge is 2.35. The molecule has 0 fully saturated rings. The highest BCUT2D eigenvalue weighted by Crippen LogP contribution is 2.41. The molecule has 1 aromatic carbocycles. The number of rotatable bonds is 4. The molecule has 0 aliphatic carbocycles. The van der Waals surface area contributed by atoms with E-state index in [1.165, 1.54) is 23.5 Å². The van der Waals surface area contributed by atoms with Crippen LogP contribution in [0.1, 0.15) is 39.6 Å². The van der Waals surface area contributed by atoms with Crippen LogP contribution in [0.15, 0.2) is 40.8 Å². The van der Waals surface area contributed by atoms with Crippen molar-refractivity contribution in [3.63, 3.8) is 0 Å². The Hall–Kier alpha value is -3.86. The maximum Gasteiger partial charge on any atom is 0.410 e. The Bertz CT molecular complexity index is 1270. The van der Waals surface area contributed by atoms with Crippen LogP contribution >= 0.6 is 11.3 Å². The lowest BCUT2D eigenvalue weighted by molar-refractivity contribution is -0.384. The van der Waals surface area contributed by atoms with Gasteiger partial charge in [0.1, 0.15) is 16.5 Å². The van der Waals surface area contributed by atoms with Gasteiger partial charge in [-0.1, -0.05) is 12.1 Å². The van der Waals surface area contributed by atoms with Gasteiger partial charge in [-0.2, -0.15) is 0 Å². The number of hydrogen-bond acceptors (Lipinski definition) is 8. The fourth-order valence-electron chi connectivity index (χ4n) is 4.06. The zero-order valence-electron chi connectivity index (χ0n) is 17.6. The standard InChI is InChI=1S/C22H20N4O6S/c1-2-31-22(28)25-9-8-14-17(11-25)33-21-18(14)20(27)23-19(24-21)16-7-6-15(32-16)12-4-3-5-13(10-12)26(29)30/h3-7,10,19,24H,2,8-9,11H2,1H3,(H,23,27). The maximum absolute atomic E-state index is 13.0. The van der Waals surface area contributed by atoms with E-state index in [9.17, 15) is 19.7 Å². The lowest BCUT2D eigenvalue weighted by Gasteiger charge is -2.27. The Morgan fingerprint density at radius 2 is 2.18 bits per heavy atom. The molecule has 1 atom stereocenters. The van der Waals surface area contributed by atoms with E-state index in [1.54, 1.807) is 36.1 Å². The van der Waals surface area contributed by atoms with Crippen LogP contribution < -0.4 is 10.6 Å². The Balaban J connectivity index is 1.38. The summed E-state index contributed by atoms with van der Waals surface area (Å²) in [6.07, 6.45) is -0.356. The first kappa shape index (κ1) is 21.0. The summed E-state index contributed by atoms with van der Waals surface area (Å²) < 4.78 is 11.0. The number of fused-ring (bicyclic) bond motifs is 3. The summed E-state index contributed by atoms with van der Waals surface area (Å²) in [6, 6.07) is 9.62. The Morgan fingerprint density at radius 1 is 1.33 bits per heavy atom. The summed E-state index contributed by atoms with van der Waals surface area (Å²) in [5, 5.41) is 18.0. The second-order valence-electron chi connectivity index (χ2n) is 7.64. The number of nitro benzene ring substituents is 1. The first-order valence-electron chi connectivity index (χ1n) is 10.4. The average molecular weight is 468 g/mol. The zero-order chi connectivity index (χ0) is 23.1. The average Bonchev–Trinajstić information content (AvgIpc) is 3.44. The van der Waals surface area contributed by atoms with Gasteiger partial charge in [0.2, 0.25) is 0 Å². The number of furan rings is 1. The monoisotopic (exact) mass is 468 g/mol. The molecule has 2 aliphatic rings. The third kappa shape index (κ3) is 3.80. The number of non-ortho nitro benzene ring substituents is 1. The number of benzene rings is 1. The Labute approximate surface area is 192 Å². The molecule has 0 spiro atoms. The van der Waals surface area contributed by atoms with Crippen LogP contribution in [0.2, 0.25) is 0 Å². The van der Waals surface area contributed by atoms with E-state index in [1.807, 2.05) is 0 Å². The van der Waals surface area contributed by atoms with Crippen LogP contribution in [0.25, 0.3) is 11.3 Å². The second kappa shape index (κ2) is 8.24. The summed E-state index contributed by atoms with van der Waals surface area (Å²) in [6.45, 7) is 2.99. The summed E-state index contributed by atoms with van der Waals surface area (Å²) in [5.74, 6) is 0.741. The van der Waals surface area contributed by atoms with Gasteiger partial charge in [-0.3, -0.25) is 14.9 Å². The number of ether oxygens (including phenoxy) is 1. The van der Waals surface area contributed by atoms with Crippen LogP contribution in [0.3, 0.4) is 0 Å². The van der Waals surface area contributed by atoms with Crippen molar-refractivity contribution in [2.45, 2.75) is 26.1 Å². The molecule has 2 amide bonds. The molecular weight excluding hydrogens is 448 g/mol. The van der Waals surface area contributed by atoms with Crippen LogP contribution in [0.4, 0.5) is 15.5 Å². The third-order valence-electron chi connectivity index (χ3n) is 5.61. The number of nitrogens with zero attached hydrogens (tertiary/aromatic N) is 2. The fraction of sp³-hybridized carbons (Fsp3) is 0.273. The first-order valence-corrected chi connectivity index (χ1v) is 11.2. The molecule has 10 nitrogen and oxygen atoms in total. The topological polar surface area (TPSA) is 127 Å². The smallest absolute Gasteiger partial charge is 0.410 e. The molecule has 4 heterocycles. The fourth-order valence-corrected chi connectivity index (χ4v) is 5.35. The van der Waals surface area contributed by atoms with E-state index in [0.717, 1.165) is 15.4 Å². The highest BCUT2D eigenvalue weighted by molar-refractivity contribution is 7.16. The van der Waals surface area contributed by atoms with Crippen molar-refractivity contribution in [2.24, 2.45) is 0 Å². The van der Waals surface area contributed by atoms with Crippen LogP contribution in [0, 0.1) is 10.1 Å². The molecule has 11 heteroatoms. The number of hydrogen-bond donors (Lipinski definition) is 2. The molecule has 2 N–H and O–H groups in total. The normalized spacial score (nSPS) is 16.9. The number of nitro groups is 1. The molecule has 33 heavy (non-hydrogen) atoms. The van der Waals surface area contributed by atoms with Crippen molar-refractivity contribution in [1.29, 1.82) is 0 Å². The van der Waals surface area contributed by atoms with Crippen LogP contribution in [-0.2, 0) is 17.7 Å². The first-order chi connectivity index (χ1) is 15.9. The minimum absolute atomic E-state index is 0.0276. The second-order valence-corrected chi connectivity index (χ2v) is 8.74. The third-order valence-corrected chi connectivity index (χ3v) is 6.76. The summed E-state index contributed by atoms with van der Waals surface area (Å²) >= 11 is 1.45.